The topological polar surface area (TPSA) is 55.8 Å². The predicted octanol–water partition coefficient (Wildman–Crippen LogP) is 5.70. The van der Waals surface area contributed by atoms with E-state index in [2.05, 4.69) is 24.3 Å². The van der Waals surface area contributed by atoms with E-state index >= 15 is 0 Å². The monoisotopic (exact) mass is 384 g/mol. The molecular weight excluding hydrogens is 364 g/mol. The standard InChI is InChI=1S/C25H20O4/c26-25(27)23-13-12-22(15-24(23)29-16-18-6-2-1-3-7-18)28-17-19-10-11-20-8-4-5-9-21(20)14-19/h1-15H,16-17H2,(H,26,27). The molecule has 0 amide bonds. The van der Waals surface area contributed by atoms with Gasteiger partial charge in [-0.25, -0.2) is 4.79 Å². The average molecular weight is 384 g/mol. The van der Waals surface area contributed by atoms with Crippen molar-refractivity contribution in [1.82, 2.24) is 0 Å². The number of aromatic carboxylic acids is 1. The summed E-state index contributed by atoms with van der Waals surface area (Å²) in [4.78, 5) is 11.5. The van der Waals surface area contributed by atoms with Crippen LogP contribution in [0.4, 0.5) is 0 Å². The molecule has 0 heterocycles. The molecule has 0 saturated heterocycles. The number of carbonyl (C=O) groups is 1. The maximum Gasteiger partial charge on any atom is 0.339 e. The summed E-state index contributed by atoms with van der Waals surface area (Å²) in [5.74, 6) is -0.183. The number of benzene rings is 4. The summed E-state index contributed by atoms with van der Waals surface area (Å²) in [7, 11) is 0. The molecule has 0 saturated carbocycles. The zero-order chi connectivity index (χ0) is 20.1. The molecule has 0 bridgehead atoms. The highest BCUT2D eigenvalue weighted by molar-refractivity contribution is 5.91. The van der Waals surface area contributed by atoms with Gasteiger partial charge < -0.3 is 14.6 Å². The fraction of sp³-hybridized carbons (Fsp3) is 0.0800. The van der Waals surface area contributed by atoms with Crippen LogP contribution in [-0.4, -0.2) is 11.1 Å². The zero-order valence-corrected chi connectivity index (χ0v) is 15.7. The quantitative estimate of drug-likeness (QED) is 0.444. The summed E-state index contributed by atoms with van der Waals surface area (Å²) >= 11 is 0. The van der Waals surface area contributed by atoms with E-state index in [1.165, 1.54) is 11.5 Å². The number of rotatable bonds is 7. The fourth-order valence-corrected chi connectivity index (χ4v) is 3.12. The van der Waals surface area contributed by atoms with Gasteiger partial charge in [0.05, 0.1) is 0 Å². The Morgan fingerprint density at radius 1 is 0.690 bits per heavy atom. The molecule has 0 radical (unpaired) electrons. The predicted molar refractivity (Wildman–Crippen MR) is 112 cm³/mol. The summed E-state index contributed by atoms with van der Waals surface area (Å²) < 4.78 is 11.7. The van der Waals surface area contributed by atoms with Gasteiger partial charge in [-0.15, -0.1) is 0 Å². The summed E-state index contributed by atoms with van der Waals surface area (Å²) in [6.07, 6.45) is 0. The van der Waals surface area contributed by atoms with Gasteiger partial charge in [-0.05, 0) is 40.1 Å². The molecule has 0 aliphatic heterocycles. The van der Waals surface area contributed by atoms with Crippen molar-refractivity contribution in [3.63, 3.8) is 0 Å². The number of ether oxygens (including phenoxy) is 2. The Balaban J connectivity index is 1.50. The Hall–Kier alpha value is -3.79. The summed E-state index contributed by atoms with van der Waals surface area (Å²) in [5.41, 5.74) is 2.11. The maximum absolute atomic E-state index is 11.5. The molecule has 4 nitrogen and oxygen atoms in total. The average Bonchev–Trinajstić information content (AvgIpc) is 2.76. The van der Waals surface area contributed by atoms with Gasteiger partial charge >= 0.3 is 5.97 Å². The Kier molecular flexibility index (Phi) is 5.43. The van der Waals surface area contributed by atoms with Gasteiger partial charge in [0.2, 0.25) is 0 Å². The van der Waals surface area contributed by atoms with Crippen LogP contribution in [0.3, 0.4) is 0 Å². The first-order valence-electron chi connectivity index (χ1n) is 9.33. The number of hydrogen-bond donors (Lipinski definition) is 1. The molecule has 0 aliphatic rings. The van der Waals surface area contributed by atoms with Crippen molar-refractivity contribution in [2.45, 2.75) is 13.2 Å². The van der Waals surface area contributed by atoms with Crippen molar-refractivity contribution in [3.8, 4) is 11.5 Å². The van der Waals surface area contributed by atoms with Crippen molar-refractivity contribution >= 4 is 16.7 Å². The molecule has 0 unspecified atom stereocenters. The van der Waals surface area contributed by atoms with E-state index < -0.39 is 5.97 Å². The SMILES string of the molecule is O=C(O)c1ccc(OCc2ccc3ccccc3c2)cc1OCc1ccccc1. The lowest BCUT2D eigenvalue weighted by molar-refractivity contribution is 0.0691. The number of fused-ring (bicyclic) bond motifs is 1. The van der Waals surface area contributed by atoms with E-state index in [4.69, 9.17) is 9.47 Å². The summed E-state index contributed by atoms with van der Waals surface area (Å²) in [6, 6.07) is 28.8. The van der Waals surface area contributed by atoms with Gasteiger partial charge in [-0.1, -0.05) is 66.7 Å². The van der Waals surface area contributed by atoms with Crippen molar-refractivity contribution < 1.29 is 19.4 Å². The van der Waals surface area contributed by atoms with Crippen molar-refractivity contribution in [1.29, 1.82) is 0 Å². The molecule has 29 heavy (non-hydrogen) atoms. The molecule has 1 N–H and O–H groups in total. The molecule has 0 spiro atoms. The van der Waals surface area contributed by atoms with Crippen LogP contribution in [0.1, 0.15) is 21.5 Å². The van der Waals surface area contributed by atoms with Crippen LogP contribution >= 0.6 is 0 Å². The van der Waals surface area contributed by atoms with Crippen LogP contribution < -0.4 is 9.47 Å². The van der Waals surface area contributed by atoms with Gasteiger partial charge in [0.1, 0.15) is 30.3 Å². The molecular formula is C25H20O4. The van der Waals surface area contributed by atoms with Crippen LogP contribution in [0.5, 0.6) is 11.5 Å². The van der Waals surface area contributed by atoms with E-state index in [1.807, 2.05) is 48.5 Å². The Morgan fingerprint density at radius 2 is 1.41 bits per heavy atom. The molecule has 0 atom stereocenters. The third kappa shape index (κ3) is 4.55. The van der Waals surface area contributed by atoms with E-state index in [9.17, 15) is 9.90 Å². The lowest BCUT2D eigenvalue weighted by Gasteiger charge is -2.12. The van der Waals surface area contributed by atoms with Crippen LogP contribution in [0, 0.1) is 0 Å². The van der Waals surface area contributed by atoms with Gasteiger partial charge in [-0.3, -0.25) is 0 Å². The Morgan fingerprint density at radius 3 is 2.21 bits per heavy atom. The largest absolute Gasteiger partial charge is 0.489 e. The first-order chi connectivity index (χ1) is 14.2. The normalized spacial score (nSPS) is 10.6. The van der Waals surface area contributed by atoms with Gasteiger partial charge in [0.25, 0.3) is 0 Å². The minimum absolute atomic E-state index is 0.110. The first-order valence-corrected chi connectivity index (χ1v) is 9.33. The van der Waals surface area contributed by atoms with E-state index in [1.54, 1.807) is 12.1 Å². The van der Waals surface area contributed by atoms with E-state index in [-0.39, 0.29) is 17.9 Å². The highest BCUT2D eigenvalue weighted by atomic mass is 16.5. The maximum atomic E-state index is 11.5. The second-order valence-electron chi connectivity index (χ2n) is 6.71. The first kappa shape index (κ1) is 18.6. The molecule has 4 aromatic carbocycles. The van der Waals surface area contributed by atoms with Crippen molar-refractivity contribution in [2.24, 2.45) is 0 Å². The Labute approximate surface area is 169 Å². The smallest absolute Gasteiger partial charge is 0.339 e. The molecule has 4 heteroatoms. The Bertz CT molecular complexity index is 1140. The lowest BCUT2D eigenvalue weighted by Crippen LogP contribution is -2.04. The summed E-state index contributed by atoms with van der Waals surface area (Å²) in [6.45, 7) is 0.671. The molecule has 0 aliphatic carbocycles. The van der Waals surface area contributed by atoms with Crippen molar-refractivity contribution in [2.75, 3.05) is 0 Å². The highest BCUT2D eigenvalue weighted by Gasteiger charge is 2.13. The van der Waals surface area contributed by atoms with Gasteiger partial charge in [0.15, 0.2) is 0 Å². The van der Waals surface area contributed by atoms with Crippen LogP contribution in [-0.2, 0) is 13.2 Å². The minimum atomic E-state index is -1.03. The summed E-state index contributed by atoms with van der Waals surface area (Å²) in [5, 5.41) is 11.8. The minimum Gasteiger partial charge on any atom is -0.489 e. The molecule has 0 aromatic heterocycles. The number of hydrogen-bond acceptors (Lipinski definition) is 3. The molecule has 144 valence electrons. The lowest BCUT2D eigenvalue weighted by atomic mass is 10.1. The third-order valence-electron chi connectivity index (χ3n) is 4.64. The van der Waals surface area contributed by atoms with Gasteiger partial charge in [-0.2, -0.15) is 0 Å². The van der Waals surface area contributed by atoms with Crippen LogP contribution in [0.2, 0.25) is 0 Å². The van der Waals surface area contributed by atoms with Crippen LogP contribution in [0.25, 0.3) is 10.8 Å². The molecule has 4 rings (SSSR count). The van der Waals surface area contributed by atoms with Crippen LogP contribution in [0.15, 0.2) is 91.0 Å². The molecule has 0 fully saturated rings. The fourth-order valence-electron chi connectivity index (χ4n) is 3.12. The van der Waals surface area contributed by atoms with Crippen molar-refractivity contribution in [3.05, 3.63) is 108 Å². The number of carboxylic acid groups (broad SMARTS) is 1. The van der Waals surface area contributed by atoms with E-state index in [0.29, 0.717) is 12.4 Å². The zero-order valence-electron chi connectivity index (χ0n) is 15.7. The second-order valence-corrected chi connectivity index (χ2v) is 6.71. The molecule has 4 aromatic rings. The van der Waals surface area contributed by atoms with Gasteiger partial charge in [0, 0.05) is 6.07 Å². The number of carboxylic acids is 1. The highest BCUT2D eigenvalue weighted by Crippen LogP contribution is 2.27. The second kappa shape index (κ2) is 8.48. The third-order valence-corrected chi connectivity index (χ3v) is 4.64. The van der Waals surface area contributed by atoms with E-state index in [0.717, 1.165) is 16.5 Å².